The van der Waals surface area contributed by atoms with Crippen LogP contribution in [0.3, 0.4) is 0 Å². The average Bonchev–Trinajstić information content (AvgIpc) is 2.29. The molecule has 2 N–H and O–H groups in total. The van der Waals surface area contributed by atoms with Gasteiger partial charge in [0.25, 0.3) is 5.91 Å². The third-order valence-electron chi connectivity index (χ3n) is 1.59. The summed E-state index contributed by atoms with van der Waals surface area (Å²) < 4.78 is 0. The van der Waals surface area contributed by atoms with Crippen molar-refractivity contribution < 1.29 is 14.4 Å². The molecule has 6 nitrogen and oxygen atoms in total. The van der Waals surface area contributed by atoms with Crippen LogP contribution in [0.5, 0.6) is 0 Å². The summed E-state index contributed by atoms with van der Waals surface area (Å²) in [5.74, 6) is -0.730. The Hall–Kier alpha value is -1.95. The molecule has 0 aromatic carbocycles. The van der Waals surface area contributed by atoms with Crippen LogP contribution in [0.2, 0.25) is 0 Å². The minimum atomic E-state index is -0.415. The van der Waals surface area contributed by atoms with E-state index in [0.29, 0.717) is 5.56 Å². The van der Waals surface area contributed by atoms with Crippen LogP contribution in [0.25, 0.3) is 0 Å². The summed E-state index contributed by atoms with van der Waals surface area (Å²) in [5, 5.41) is 2.35. The van der Waals surface area contributed by atoms with Gasteiger partial charge in [0.05, 0.1) is 0 Å². The average molecular weight is 209 g/mol. The third kappa shape index (κ3) is 3.74. The topological polar surface area (TPSA) is 80.3 Å². The third-order valence-corrected chi connectivity index (χ3v) is 1.59. The molecule has 6 heteroatoms. The Morgan fingerprint density at radius 3 is 2.67 bits per heavy atom. The summed E-state index contributed by atoms with van der Waals surface area (Å²) >= 11 is 0. The Morgan fingerprint density at radius 2 is 2.07 bits per heavy atom. The maximum Gasteiger partial charge on any atom is 0.274 e. The van der Waals surface area contributed by atoms with E-state index in [-0.39, 0.29) is 12.5 Å². The molecule has 0 aliphatic carbocycles. The highest BCUT2D eigenvalue weighted by Crippen LogP contribution is 1.94. The number of hydrogen-bond acceptors (Lipinski definition) is 4. The Labute approximate surface area is 86.6 Å². The van der Waals surface area contributed by atoms with Crippen LogP contribution in [0.1, 0.15) is 10.4 Å². The molecule has 1 aromatic rings. The van der Waals surface area contributed by atoms with Gasteiger partial charge < -0.3 is 5.32 Å². The highest BCUT2D eigenvalue weighted by molar-refractivity contribution is 5.93. The summed E-state index contributed by atoms with van der Waals surface area (Å²) in [6.07, 6.45) is 2.99. The van der Waals surface area contributed by atoms with Crippen LogP contribution in [0, 0.1) is 0 Å². The number of hydroxylamine groups is 1. The maximum atomic E-state index is 11.3. The van der Waals surface area contributed by atoms with Gasteiger partial charge in [-0.05, 0) is 12.1 Å². The molecule has 0 fully saturated rings. The van der Waals surface area contributed by atoms with Gasteiger partial charge in [-0.2, -0.15) is 0 Å². The number of nitrogens with zero attached hydrogens (tertiary/aromatic N) is 1. The molecule has 0 aliphatic heterocycles. The first-order chi connectivity index (χ1) is 7.24. The van der Waals surface area contributed by atoms with E-state index < -0.39 is 5.91 Å². The van der Waals surface area contributed by atoms with Crippen LogP contribution < -0.4 is 10.8 Å². The standard InChI is InChI=1S/C9H11N3O3/c1-10-8(13)6-15-12-9(14)7-2-4-11-5-3-7/h2-5H,6H2,1H3,(H,10,13)(H,12,14). The molecule has 0 saturated heterocycles. The van der Waals surface area contributed by atoms with E-state index in [1.54, 1.807) is 12.1 Å². The van der Waals surface area contributed by atoms with Crippen molar-refractivity contribution >= 4 is 11.8 Å². The molecule has 0 aliphatic rings. The number of carbonyl (C=O) groups is 2. The number of amides is 2. The molecule has 2 amide bonds. The quantitative estimate of drug-likeness (QED) is 0.654. The predicted octanol–water partition coefficient (Wildman–Crippen LogP) is -0.511. The number of pyridine rings is 1. The molecular formula is C9H11N3O3. The lowest BCUT2D eigenvalue weighted by molar-refractivity contribution is -0.126. The fourth-order valence-corrected chi connectivity index (χ4v) is 0.802. The Balaban J connectivity index is 2.34. The van der Waals surface area contributed by atoms with Crippen molar-refractivity contribution in [3.8, 4) is 0 Å². The summed E-state index contributed by atoms with van der Waals surface area (Å²) in [6, 6.07) is 3.08. The van der Waals surface area contributed by atoms with Crippen molar-refractivity contribution in [1.82, 2.24) is 15.8 Å². The van der Waals surface area contributed by atoms with Crippen LogP contribution in [0.15, 0.2) is 24.5 Å². The van der Waals surface area contributed by atoms with Crippen LogP contribution in [-0.4, -0.2) is 30.5 Å². The van der Waals surface area contributed by atoms with Gasteiger partial charge >= 0.3 is 0 Å². The van der Waals surface area contributed by atoms with Crippen molar-refractivity contribution in [1.29, 1.82) is 0 Å². The monoisotopic (exact) mass is 209 g/mol. The first-order valence-corrected chi connectivity index (χ1v) is 4.27. The molecule has 1 rings (SSSR count). The van der Waals surface area contributed by atoms with E-state index >= 15 is 0 Å². The lowest BCUT2D eigenvalue weighted by atomic mass is 10.3. The van der Waals surface area contributed by atoms with E-state index in [2.05, 4.69) is 20.6 Å². The second kappa shape index (κ2) is 5.71. The van der Waals surface area contributed by atoms with Crippen molar-refractivity contribution in [2.75, 3.05) is 13.7 Å². The van der Waals surface area contributed by atoms with Crippen molar-refractivity contribution in [3.63, 3.8) is 0 Å². The Kier molecular flexibility index (Phi) is 4.24. The van der Waals surface area contributed by atoms with Crippen molar-refractivity contribution in [3.05, 3.63) is 30.1 Å². The highest BCUT2D eigenvalue weighted by atomic mass is 16.7. The number of rotatable bonds is 4. The van der Waals surface area contributed by atoms with Gasteiger partial charge in [0.2, 0.25) is 5.91 Å². The van der Waals surface area contributed by atoms with E-state index in [1.807, 2.05) is 0 Å². The normalized spacial score (nSPS) is 9.40. The molecule has 0 bridgehead atoms. The first kappa shape index (κ1) is 11.1. The highest BCUT2D eigenvalue weighted by Gasteiger charge is 2.05. The lowest BCUT2D eigenvalue weighted by Gasteiger charge is -2.04. The molecule has 0 saturated carbocycles. The number of nitrogens with one attached hydrogen (secondary N) is 2. The molecule has 1 heterocycles. The number of likely N-dealkylation sites (N-methyl/N-ethyl adjacent to an activating group) is 1. The molecule has 0 radical (unpaired) electrons. The Bertz CT molecular complexity index is 340. The van der Waals surface area contributed by atoms with Crippen molar-refractivity contribution in [2.45, 2.75) is 0 Å². The molecular weight excluding hydrogens is 198 g/mol. The summed E-state index contributed by atoms with van der Waals surface area (Å²) in [6.45, 7) is -0.215. The smallest absolute Gasteiger partial charge is 0.274 e. The van der Waals surface area contributed by atoms with Gasteiger partial charge in [-0.25, -0.2) is 5.48 Å². The van der Waals surface area contributed by atoms with E-state index in [1.165, 1.54) is 19.4 Å². The fraction of sp³-hybridized carbons (Fsp3) is 0.222. The SMILES string of the molecule is CNC(=O)CONC(=O)c1ccncc1. The number of hydrogen-bond donors (Lipinski definition) is 2. The van der Waals surface area contributed by atoms with E-state index in [9.17, 15) is 9.59 Å². The second-order valence-corrected chi connectivity index (χ2v) is 2.63. The number of aromatic nitrogens is 1. The minimum absolute atomic E-state index is 0.215. The maximum absolute atomic E-state index is 11.3. The van der Waals surface area contributed by atoms with Crippen LogP contribution in [-0.2, 0) is 9.63 Å². The van der Waals surface area contributed by atoms with Gasteiger partial charge in [0, 0.05) is 25.0 Å². The summed E-state index contributed by atoms with van der Waals surface area (Å²) in [4.78, 5) is 30.5. The fourth-order valence-electron chi connectivity index (χ4n) is 0.802. The molecule has 1 aromatic heterocycles. The van der Waals surface area contributed by atoms with Crippen LogP contribution >= 0.6 is 0 Å². The van der Waals surface area contributed by atoms with Gasteiger partial charge in [-0.15, -0.1) is 0 Å². The molecule has 0 spiro atoms. The lowest BCUT2D eigenvalue weighted by Crippen LogP contribution is -2.31. The van der Waals surface area contributed by atoms with Crippen molar-refractivity contribution in [2.24, 2.45) is 0 Å². The van der Waals surface area contributed by atoms with E-state index in [0.717, 1.165) is 0 Å². The first-order valence-electron chi connectivity index (χ1n) is 4.27. The van der Waals surface area contributed by atoms with Gasteiger partial charge in [0.15, 0.2) is 6.61 Å². The van der Waals surface area contributed by atoms with E-state index in [4.69, 9.17) is 0 Å². The molecule has 80 valence electrons. The van der Waals surface area contributed by atoms with Gasteiger partial charge in [0.1, 0.15) is 0 Å². The zero-order chi connectivity index (χ0) is 11.1. The Morgan fingerprint density at radius 1 is 1.40 bits per heavy atom. The zero-order valence-electron chi connectivity index (χ0n) is 8.19. The molecule has 15 heavy (non-hydrogen) atoms. The zero-order valence-corrected chi connectivity index (χ0v) is 8.19. The molecule has 0 unspecified atom stereocenters. The minimum Gasteiger partial charge on any atom is -0.357 e. The predicted molar refractivity (Wildman–Crippen MR) is 51.7 cm³/mol. The molecule has 0 atom stereocenters. The van der Waals surface area contributed by atoms with Gasteiger partial charge in [-0.3, -0.25) is 19.4 Å². The second-order valence-electron chi connectivity index (χ2n) is 2.63. The summed E-state index contributed by atoms with van der Waals surface area (Å²) in [7, 11) is 1.48. The van der Waals surface area contributed by atoms with Crippen LogP contribution in [0.4, 0.5) is 0 Å². The summed E-state index contributed by atoms with van der Waals surface area (Å²) in [5.41, 5.74) is 2.56. The largest absolute Gasteiger partial charge is 0.357 e. The van der Waals surface area contributed by atoms with Gasteiger partial charge in [-0.1, -0.05) is 0 Å². The number of carbonyl (C=O) groups excluding carboxylic acids is 2.